The van der Waals surface area contributed by atoms with Gasteiger partial charge in [-0.3, -0.25) is 4.79 Å². The molecule has 0 spiro atoms. The van der Waals surface area contributed by atoms with Crippen LogP contribution < -0.4 is 10.2 Å². The molecular weight excluding hydrogens is 380 g/mol. The summed E-state index contributed by atoms with van der Waals surface area (Å²) < 4.78 is 6.80. The summed E-state index contributed by atoms with van der Waals surface area (Å²) in [6, 6.07) is 13.1. The quantitative estimate of drug-likeness (QED) is 0.633. The van der Waals surface area contributed by atoms with E-state index in [2.05, 4.69) is 15.2 Å². The summed E-state index contributed by atoms with van der Waals surface area (Å²) in [4.78, 5) is 31.9. The number of nitrogens with zero attached hydrogens (tertiary/aromatic N) is 3. The Kier molecular flexibility index (Phi) is 5.70. The number of carbonyl (C=O) groups excluding carboxylic acids is 2. The normalized spacial score (nSPS) is 13.6. The summed E-state index contributed by atoms with van der Waals surface area (Å²) >= 11 is 0. The number of ether oxygens (including phenoxy) is 1. The van der Waals surface area contributed by atoms with Crippen LogP contribution in [0.1, 0.15) is 35.9 Å². The van der Waals surface area contributed by atoms with E-state index in [9.17, 15) is 9.59 Å². The summed E-state index contributed by atoms with van der Waals surface area (Å²) in [6.45, 7) is 4.06. The molecule has 4 rings (SSSR count). The van der Waals surface area contributed by atoms with Crippen LogP contribution >= 0.6 is 0 Å². The molecule has 1 aliphatic rings. The molecule has 7 heteroatoms. The van der Waals surface area contributed by atoms with Gasteiger partial charge in [0.05, 0.1) is 35.1 Å². The zero-order valence-electron chi connectivity index (χ0n) is 17.4. The Morgan fingerprint density at radius 3 is 2.63 bits per heavy atom. The summed E-state index contributed by atoms with van der Waals surface area (Å²) in [7, 11) is 1.35. The topological polar surface area (TPSA) is 76.5 Å². The number of rotatable bonds is 6. The number of carbonyl (C=O) groups is 2. The van der Waals surface area contributed by atoms with Gasteiger partial charge in [-0.15, -0.1) is 0 Å². The molecule has 7 nitrogen and oxygen atoms in total. The first kappa shape index (κ1) is 19.9. The highest BCUT2D eigenvalue weighted by molar-refractivity contribution is 5.98. The third kappa shape index (κ3) is 3.87. The number of hydrogen-bond donors (Lipinski definition) is 1. The molecule has 1 fully saturated rings. The molecule has 0 radical (unpaired) electrons. The van der Waals surface area contributed by atoms with E-state index in [4.69, 9.17) is 4.74 Å². The summed E-state index contributed by atoms with van der Waals surface area (Å²) in [5.74, 6) is 0.289. The molecule has 0 unspecified atom stereocenters. The van der Waals surface area contributed by atoms with E-state index in [1.165, 1.54) is 7.11 Å². The van der Waals surface area contributed by atoms with Crippen LogP contribution in [0.15, 0.2) is 42.5 Å². The lowest BCUT2D eigenvalue weighted by atomic mass is 10.1. The third-order valence-electron chi connectivity index (χ3n) is 5.49. The Balaban J connectivity index is 1.63. The maximum atomic E-state index is 13.0. The molecule has 30 heavy (non-hydrogen) atoms. The number of nitrogens with one attached hydrogen (secondary N) is 1. The second kappa shape index (κ2) is 8.57. The highest BCUT2D eigenvalue weighted by Gasteiger charge is 2.20. The fraction of sp³-hybridized carbons (Fsp3) is 0.348. The monoisotopic (exact) mass is 406 g/mol. The van der Waals surface area contributed by atoms with Gasteiger partial charge in [0, 0.05) is 19.5 Å². The Hall–Kier alpha value is -3.35. The first-order chi connectivity index (χ1) is 14.6. The van der Waals surface area contributed by atoms with Gasteiger partial charge in [0.15, 0.2) is 0 Å². The number of esters is 1. The van der Waals surface area contributed by atoms with Crippen molar-refractivity contribution in [2.75, 3.05) is 30.4 Å². The second-order valence-electron chi connectivity index (χ2n) is 7.42. The zero-order valence-corrected chi connectivity index (χ0v) is 17.4. The fourth-order valence-corrected chi connectivity index (χ4v) is 4.02. The van der Waals surface area contributed by atoms with Crippen molar-refractivity contribution in [2.45, 2.75) is 32.7 Å². The number of hydrogen-bond acceptors (Lipinski definition) is 5. The lowest BCUT2D eigenvalue weighted by molar-refractivity contribution is -0.116. The molecule has 2 aromatic carbocycles. The molecule has 0 atom stereocenters. The van der Waals surface area contributed by atoms with Gasteiger partial charge >= 0.3 is 5.97 Å². The van der Waals surface area contributed by atoms with Crippen LogP contribution in [0, 0.1) is 0 Å². The van der Waals surface area contributed by atoms with Crippen molar-refractivity contribution in [1.82, 2.24) is 9.55 Å². The molecule has 0 aliphatic carbocycles. The Labute approximate surface area is 175 Å². The van der Waals surface area contributed by atoms with Crippen molar-refractivity contribution in [1.29, 1.82) is 0 Å². The first-order valence-corrected chi connectivity index (χ1v) is 10.3. The number of anilines is 2. The smallest absolute Gasteiger partial charge is 0.337 e. The van der Waals surface area contributed by atoms with Crippen molar-refractivity contribution in [2.24, 2.45) is 0 Å². The molecule has 1 saturated heterocycles. The SMILES string of the molecule is CCc1nc2ccccc2n1CC(=O)Nc1cc(C(=O)OC)ccc1N1CCCC1. The van der Waals surface area contributed by atoms with Gasteiger partial charge in [-0.25, -0.2) is 9.78 Å². The van der Waals surface area contributed by atoms with E-state index >= 15 is 0 Å². The zero-order chi connectivity index (χ0) is 21.1. The van der Waals surface area contributed by atoms with Crippen LogP contribution in [0.4, 0.5) is 11.4 Å². The molecule has 1 N–H and O–H groups in total. The van der Waals surface area contributed by atoms with Crippen molar-refractivity contribution in [3.8, 4) is 0 Å². The standard InChI is InChI=1S/C23H26N4O3/c1-3-21-24-17-8-4-5-9-20(17)27(21)15-22(28)25-18-14-16(23(29)30-2)10-11-19(18)26-12-6-7-13-26/h4-5,8-11,14H,3,6-7,12-13,15H2,1-2H3,(H,25,28). The van der Waals surface area contributed by atoms with Crippen molar-refractivity contribution in [3.63, 3.8) is 0 Å². The van der Waals surface area contributed by atoms with Gasteiger partial charge in [-0.1, -0.05) is 19.1 Å². The summed E-state index contributed by atoms with van der Waals surface area (Å²) in [5.41, 5.74) is 3.80. The molecule has 156 valence electrons. The molecular formula is C23H26N4O3. The van der Waals surface area contributed by atoms with Crippen LogP contribution in [0.25, 0.3) is 11.0 Å². The molecule has 3 aromatic rings. The van der Waals surface area contributed by atoms with E-state index < -0.39 is 5.97 Å². The number of aromatic nitrogens is 2. The number of fused-ring (bicyclic) bond motifs is 1. The summed E-state index contributed by atoms with van der Waals surface area (Å²) in [5, 5.41) is 3.02. The van der Waals surface area contributed by atoms with Gasteiger partial charge in [0.25, 0.3) is 0 Å². The van der Waals surface area contributed by atoms with Crippen molar-refractivity contribution in [3.05, 3.63) is 53.9 Å². The van der Waals surface area contributed by atoms with Gasteiger partial charge in [0.1, 0.15) is 12.4 Å². The van der Waals surface area contributed by atoms with E-state index in [0.29, 0.717) is 11.3 Å². The van der Waals surface area contributed by atoms with Crippen LogP contribution in [-0.4, -0.2) is 41.6 Å². The predicted molar refractivity (Wildman–Crippen MR) is 117 cm³/mol. The number of methoxy groups -OCH3 is 1. The average molecular weight is 406 g/mol. The summed E-state index contributed by atoms with van der Waals surface area (Å²) in [6.07, 6.45) is 2.97. The molecule has 2 heterocycles. The molecule has 0 bridgehead atoms. The molecule has 1 aromatic heterocycles. The van der Waals surface area contributed by atoms with E-state index in [1.807, 2.05) is 41.8 Å². The van der Waals surface area contributed by atoms with E-state index in [-0.39, 0.29) is 12.5 Å². The number of benzene rings is 2. The third-order valence-corrected chi connectivity index (χ3v) is 5.49. The lowest BCUT2D eigenvalue weighted by Crippen LogP contribution is -2.24. The average Bonchev–Trinajstić information content (AvgIpc) is 3.41. The fourth-order valence-electron chi connectivity index (χ4n) is 4.02. The van der Waals surface area contributed by atoms with Gasteiger partial charge in [-0.2, -0.15) is 0 Å². The van der Waals surface area contributed by atoms with Gasteiger partial charge < -0.3 is 19.5 Å². The predicted octanol–water partition coefficient (Wildman–Crippen LogP) is 3.62. The molecule has 0 saturated carbocycles. The van der Waals surface area contributed by atoms with Crippen LogP contribution in [-0.2, 0) is 22.5 Å². The largest absolute Gasteiger partial charge is 0.465 e. The first-order valence-electron chi connectivity index (χ1n) is 10.3. The highest BCUT2D eigenvalue weighted by atomic mass is 16.5. The minimum Gasteiger partial charge on any atom is -0.465 e. The minimum atomic E-state index is -0.424. The van der Waals surface area contributed by atoms with Gasteiger partial charge in [-0.05, 0) is 43.2 Å². The van der Waals surface area contributed by atoms with Crippen LogP contribution in [0.2, 0.25) is 0 Å². The Bertz CT molecular complexity index is 1080. The van der Waals surface area contributed by atoms with Crippen molar-refractivity contribution >= 4 is 34.3 Å². The Morgan fingerprint density at radius 2 is 1.90 bits per heavy atom. The Morgan fingerprint density at radius 1 is 1.13 bits per heavy atom. The number of aryl methyl sites for hydroxylation is 1. The number of amides is 1. The maximum Gasteiger partial charge on any atom is 0.337 e. The van der Waals surface area contributed by atoms with Crippen LogP contribution in [0.3, 0.4) is 0 Å². The minimum absolute atomic E-state index is 0.157. The number of imidazole rings is 1. The maximum absolute atomic E-state index is 13.0. The lowest BCUT2D eigenvalue weighted by Gasteiger charge is -2.22. The number of para-hydroxylation sites is 2. The second-order valence-corrected chi connectivity index (χ2v) is 7.42. The van der Waals surface area contributed by atoms with Crippen molar-refractivity contribution < 1.29 is 14.3 Å². The van der Waals surface area contributed by atoms with Gasteiger partial charge in [0.2, 0.25) is 5.91 Å². The van der Waals surface area contributed by atoms with E-state index in [1.54, 1.807) is 12.1 Å². The highest BCUT2D eigenvalue weighted by Crippen LogP contribution is 2.30. The van der Waals surface area contributed by atoms with E-state index in [0.717, 1.165) is 54.9 Å². The van der Waals surface area contributed by atoms with Crippen LogP contribution in [0.5, 0.6) is 0 Å². The molecule has 1 aliphatic heterocycles. The molecule has 1 amide bonds.